The molecule has 1 amide bonds. The van der Waals surface area contributed by atoms with Crippen LogP contribution >= 0.6 is 0 Å². The van der Waals surface area contributed by atoms with Crippen molar-refractivity contribution in [1.29, 1.82) is 0 Å². The zero-order chi connectivity index (χ0) is 11.9. The lowest BCUT2D eigenvalue weighted by Gasteiger charge is -2.26. The molecular formula is C11H16N4O2. The van der Waals surface area contributed by atoms with Crippen molar-refractivity contribution in [3.05, 3.63) is 18.3 Å². The normalized spacial score (nSPS) is 15.6. The third-order valence-corrected chi connectivity index (χ3v) is 2.58. The maximum absolute atomic E-state index is 11.8. The minimum Gasteiger partial charge on any atom is -0.378 e. The molecule has 0 atom stereocenters. The summed E-state index contributed by atoms with van der Waals surface area (Å²) < 4.78 is 5.20. The van der Waals surface area contributed by atoms with Gasteiger partial charge in [0, 0.05) is 32.3 Å². The van der Waals surface area contributed by atoms with Crippen LogP contribution in [0.3, 0.4) is 0 Å². The Morgan fingerprint density at radius 1 is 1.47 bits per heavy atom. The number of nitrogens with zero attached hydrogens (tertiary/aromatic N) is 3. The number of anilines is 1. The van der Waals surface area contributed by atoms with Crippen LogP contribution in [0.5, 0.6) is 0 Å². The van der Waals surface area contributed by atoms with Gasteiger partial charge in [0.1, 0.15) is 5.82 Å². The molecule has 0 radical (unpaired) electrons. The lowest BCUT2D eigenvalue weighted by atomic mass is 10.3. The number of hydrogen-bond acceptors (Lipinski definition) is 5. The lowest BCUT2D eigenvalue weighted by molar-refractivity contribution is -0.134. The summed E-state index contributed by atoms with van der Waals surface area (Å²) in [7, 11) is 0. The van der Waals surface area contributed by atoms with Gasteiger partial charge in [-0.25, -0.2) is 0 Å². The Bertz CT molecular complexity index is 352. The summed E-state index contributed by atoms with van der Waals surface area (Å²) >= 11 is 0. The highest BCUT2D eigenvalue weighted by Gasteiger charge is 2.15. The van der Waals surface area contributed by atoms with Crippen molar-refractivity contribution in [2.45, 2.75) is 6.42 Å². The highest BCUT2D eigenvalue weighted by Crippen LogP contribution is 2.02. The van der Waals surface area contributed by atoms with E-state index in [0.717, 1.165) is 0 Å². The monoisotopic (exact) mass is 236 g/mol. The van der Waals surface area contributed by atoms with E-state index in [1.807, 2.05) is 11.0 Å². The summed E-state index contributed by atoms with van der Waals surface area (Å²) in [6.07, 6.45) is 2.08. The second-order valence-corrected chi connectivity index (χ2v) is 3.78. The van der Waals surface area contributed by atoms with E-state index in [1.165, 1.54) is 0 Å². The molecule has 1 aromatic rings. The third kappa shape index (κ3) is 3.67. The molecule has 6 nitrogen and oxygen atoms in total. The zero-order valence-electron chi connectivity index (χ0n) is 9.63. The Morgan fingerprint density at radius 3 is 3.00 bits per heavy atom. The Labute approximate surface area is 100.0 Å². The summed E-state index contributed by atoms with van der Waals surface area (Å²) in [6.45, 7) is 3.26. The highest BCUT2D eigenvalue weighted by atomic mass is 16.5. The first-order valence-electron chi connectivity index (χ1n) is 5.73. The summed E-state index contributed by atoms with van der Waals surface area (Å²) in [6, 6.07) is 3.63. The average molecular weight is 236 g/mol. The number of aromatic nitrogens is 2. The van der Waals surface area contributed by atoms with Gasteiger partial charge in [-0.2, -0.15) is 5.10 Å². The molecule has 2 heterocycles. The van der Waals surface area contributed by atoms with Crippen molar-refractivity contribution in [2.75, 3.05) is 38.2 Å². The standard InChI is InChI=1S/C11H16N4O2/c16-11(15-6-8-17-9-7-15)3-5-12-10-2-1-4-13-14-10/h1-2,4H,3,5-9H2,(H,12,14). The largest absolute Gasteiger partial charge is 0.378 e. The first kappa shape index (κ1) is 11.8. The van der Waals surface area contributed by atoms with Gasteiger partial charge in [0.05, 0.1) is 13.2 Å². The van der Waals surface area contributed by atoms with Crippen LogP contribution in [0.4, 0.5) is 5.82 Å². The molecular weight excluding hydrogens is 220 g/mol. The fourth-order valence-electron chi connectivity index (χ4n) is 1.66. The van der Waals surface area contributed by atoms with E-state index in [4.69, 9.17) is 4.74 Å². The molecule has 0 aliphatic carbocycles. The fraction of sp³-hybridized carbons (Fsp3) is 0.545. The van der Waals surface area contributed by atoms with Crippen molar-refractivity contribution in [3.8, 4) is 0 Å². The Balaban J connectivity index is 1.69. The van der Waals surface area contributed by atoms with Gasteiger partial charge in [0.15, 0.2) is 0 Å². The smallest absolute Gasteiger partial charge is 0.224 e. The first-order valence-corrected chi connectivity index (χ1v) is 5.73. The van der Waals surface area contributed by atoms with Crippen LogP contribution in [0.25, 0.3) is 0 Å². The summed E-state index contributed by atoms with van der Waals surface area (Å²) in [4.78, 5) is 13.6. The molecule has 92 valence electrons. The number of rotatable bonds is 4. The van der Waals surface area contributed by atoms with E-state index in [0.29, 0.717) is 45.1 Å². The third-order valence-electron chi connectivity index (χ3n) is 2.58. The van der Waals surface area contributed by atoms with Crippen molar-refractivity contribution in [2.24, 2.45) is 0 Å². The van der Waals surface area contributed by atoms with Gasteiger partial charge in [-0.15, -0.1) is 5.10 Å². The number of carbonyl (C=O) groups excluding carboxylic acids is 1. The molecule has 1 aliphatic rings. The highest BCUT2D eigenvalue weighted by molar-refractivity contribution is 5.76. The van der Waals surface area contributed by atoms with Crippen LogP contribution in [-0.2, 0) is 9.53 Å². The van der Waals surface area contributed by atoms with E-state index in [2.05, 4.69) is 15.5 Å². The molecule has 1 fully saturated rings. The minimum atomic E-state index is 0.157. The molecule has 0 unspecified atom stereocenters. The quantitative estimate of drug-likeness (QED) is 0.805. The summed E-state index contributed by atoms with van der Waals surface area (Å²) in [5, 5.41) is 10.7. The topological polar surface area (TPSA) is 67.4 Å². The van der Waals surface area contributed by atoms with Gasteiger partial charge >= 0.3 is 0 Å². The summed E-state index contributed by atoms with van der Waals surface area (Å²) in [5.41, 5.74) is 0. The maximum atomic E-state index is 11.8. The number of carbonyl (C=O) groups is 1. The fourth-order valence-corrected chi connectivity index (χ4v) is 1.66. The van der Waals surface area contributed by atoms with E-state index >= 15 is 0 Å². The van der Waals surface area contributed by atoms with Gasteiger partial charge in [-0.05, 0) is 12.1 Å². The molecule has 0 aromatic carbocycles. The van der Waals surface area contributed by atoms with Crippen LogP contribution < -0.4 is 5.32 Å². The molecule has 1 aliphatic heterocycles. The molecule has 1 aromatic heterocycles. The molecule has 6 heteroatoms. The number of ether oxygens (including phenoxy) is 1. The average Bonchev–Trinajstić information content (AvgIpc) is 2.41. The maximum Gasteiger partial charge on any atom is 0.224 e. The van der Waals surface area contributed by atoms with Gasteiger partial charge in [-0.3, -0.25) is 4.79 Å². The van der Waals surface area contributed by atoms with Gasteiger partial charge in [0.25, 0.3) is 0 Å². The molecule has 1 saturated heterocycles. The minimum absolute atomic E-state index is 0.157. The van der Waals surface area contributed by atoms with Crippen LogP contribution in [0.15, 0.2) is 18.3 Å². The van der Waals surface area contributed by atoms with E-state index < -0.39 is 0 Å². The molecule has 2 rings (SSSR count). The van der Waals surface area contributed by atoms with Gasteiger partial charge in [0.2, 0.25) is 5.91 Å². The molecule has 1 N–H and O–H groups in total. The number of nitrogens with one attached hydrogen (secondary N) is 1. The van der Waals surface area contributed by atoms with Crippen molar-refractivity contribution >= 4 is 11.7 Å². The molecule has 17 heavy (non-hydrogen) atoms. The Hall–Kier alpha value is -1.69. The molecule has 0 bridgehead atoms. The van der Waals surface area contributed by atoms with E-state index in [1.54, 1.807) is 12.3 Å². The number of amides is 1. The van der Waals surface area contributed by atoms with Crippen LogP contribution in [0.2, 0.25) is 0 Å². The first-order chi connectivity index (χ1) is 8.36. The number of morpholine rings is 1. The van der Waals surface area contributed by atoms with Crippen molar-refractivity contribution in [1.82, 2.24) is 15.1 Å². The summed E-state index contributed by atoms with van der Waals surface area (Å²) in [5.74, 6) is 0.854. The predicted octanol–water partition coefficient (Wildman–Crippen LogP) is 0.137. The SMILES string of the molecule is O=C(CCNc1cccnn1)N1CCOCC1. The van der Waals surface area contributed by atoms with E-state index in [-0.39, 0.29) is 5.91 Å². The van der Waals surface area contributed by atoms with Gasteiger partial charge < -0.3 is 15.0 Å². The van der Waals surface area contributed by atoms with Crippen LogP contribution in [0, 0.1) is 0 Å². The zero-order valence-corrected chi connectivity index (χ0v) is 9.63. The van der Waals surface area contributed by atoms with E-state index in [9.17, 15) is 4.79 Å². The second-order valence-electron chi connectivity index (χ2n) is 3.78. The Morgan fingerprint density at radius 2 is 2.29 bits per heavy atom. The van der Waals surface area contributed by atoms with Crippen molar-refractivity contribution < 1.29 is 9.53 Å². The van der Waals surface area contributed by atoms with Gasteiger partial charge in [-0.1, -0.05) is 0 Å². The van der Waals surface area contributed by atoms with Crippen molar-refractivity contribution in [3.63, 3.8) is 0 Å². The molecule has 0 spiro atoms. The number of hydrogen-bond donors (Lipinski definition) is 1. The van der Waals surface area contributed by atoms with Crippen LogP contribution in [0.1, 0.15) is 6.42 Å². The lowest BCUT2D eigenvalue weighted by Crippen LogP contribution is -2.41. The predicted molar refractivity (Wildman–Crippen MR) is 62.5 cm³/mol. The Kier molecular flexibility index (Phi) is 4.26. The van der Waals surface area contributed by atoms with Crippen LogP contribution in [-0.4, -0.2) is 53.9 Å². The molecule has 0 saturated carbocycles. The second kappa shape index (κ2) is 6.15.